The van der Waals surface area contributed by atoms with E-state index in [9.17, 15) is 4.79 Å². The molecule has 0 aliphatic heterocycles. The number of nitrogens with one attached hydrogen (secondary N) is 1. The van der Waals surface area contributed by atoms with Gasteiger partial charge in [-0.1, -0.05) is 11.6 Å². The molecule has 0 saturated heterocycles. The maximum atomic E-state index is 12.3. The van der Waals surface area contributed by atoms with E-state index in [1.54, 1.807) is 16.8 Å². The topological polar surface area (TPSA) is 85.8 Å². The molecule has 130 valence electrons. The average Bonchev–Trinajstić information content (AvgIpc) is 3.30. The third kappa shape index (κ3) is 4.06. The van der Waals surface area contributed by atoms with Gasteiger partial charge in [0, 0.05) is 18.3 Å². The number of hydrogen-bond acceptors (Lipinski definition) is 4. The quantitative estimate of drug-likeness (QED) is 0.847. The van der Waals surface area contributed by atoms with E-state index in [-0.39, 0.29) is 30.0 Å². The van der Waals surface area contributed by atoms with Gasteiger partial charge in [0.2, 0.25) is 0 Å². The minimum Gasteiger partial charge on any atom is -0.349 e. The van der Waals surface area contributed by atoms with E-state index in [0.29, 0.717) is 23.3 Å². The number of amides is 1. The molecule has 1 unspecified atom stereocenters. The van der Waals surface area contributed by atoms with E-state index < -0.39 is 0 Å². The van der Waals surface area contributed by atoms with Gasteiger partial charge >= 0.3 is 0 Å². The SMILES string of the molecule is Cc1cc(C)n(-c2ccc(Cl)c(C(=O)NCC(N)C3CC3)n2)n1.Cl. The number of nitrogens with zero attached hydrogens (tertiary/aromatic N) is 3. The van der Waals surface area contributed by atoms with Crippen molar-refractivity contribution in [1.82, 2.24) is 20.1 Å². The van der Waals surface area contributed by atoms with Crippen LogP contribution in [0.25, 0.3) is 5.82 Å². The number of rotatable bonds is 5. The number of hydrogen-bond donors (Lipinski definition) is 2. The fraction of sp³-hybridized carbons (Fsp3) is 0.438. The van der Waals surface area contributed by atoms with Crippen LogP contribution in [0.3, 0.4) is 0 Å². The standard InChI is InChI=1S/C16H20ClN5O.ClH/c1-9-7-10(2)22(21-9)14-6-5-12(17)15(20-14)16(23)19-8-13(18)11-3-4-11;/h5-7,11,13H,3-4,8,18H2,1-2H3,(H,19,23);1H. The van der Waals surface area contributed by atoms with Crippen molar-refractivity contribution in [2.75, 3.05) is 6.54 Å². The fourth-order valence-corrected chi connectivity index (χ4v) is 2.75. The molecule has 2 heterocycles. The summed E-state index contributed by atoms with van der Waals surface area (Å²) in [6, 6.07) is 5.35. The van der Waals surface area contributed by atoms with Crippen LogP contribution in [0.1, 0.15) is 34.7 Å². The van der Waals surface area contributed by atoms with Crippen molar-refractivity contribution < 1.29 is 4.79 Å². The van der Waals surface area contributed by atoms with Crippen LogP contribution in [0.5, 0.6) is 0 Å². The van der Waals surface area contributed by atoms with Crippen LogP contribution in [0.2, 0.25) is 5.02 Å². The molecule has 0 spiro atoms. The number of nitrogens with two attached hydrogens (primary N) is 1. The molecule has 8 heteroatoms. The molecule has 1 aliphatic carbocycles. The zero-order chi connectivity index (χ0) is 16.6. The summed E-state index contributed by atoms with van der Waals surface area (Å²) in [6.07, 6.45) is 2.28. The lowest BCUT2D eigenvalue weighted by molar-refractivity contribution is 0.0945. The van der Waals surface area contributed by atoms with E-state index in [1.165, 1.54) is 0 Å². The van der Waals surface area contributed by atoms with Crippen LogP contribution in [-0.4, -0.2) is 33.3 Å². The Morgan fingerprint density at radius 1 is 1.46 bits per heavy atom. The third-order valence-electron chi connectivity index (χ3n) is 4.00. The van der Waals surface area contributed by atoms with Crippen LogP contribution in [-0.2, 0) is 0 Å². The van der Waals surface area contributed by atoms with Crippen molar-refractivity contribution in [3.8, 4) is 5.82 Å². The Morgan fingerprint density at radius 2 is 2.17 bits per heavy atom. The van der Waals surface area contributed by atoms with Gasteiger partial charge < -0.3 is 11.1 Å². The normalized spacial score (nSPS) is 14.8. The van der Waals surface area contributed by atoms with Crippen molar-refractivity contribution in [2.24, 2.45) is 11.7 Å². The molecule has 1 aliphatic rings. The van der Waals surface area contributed by atoms with Crippen molar-refractivity contribution in [3.05, 3.63) is 40.3 Å². The number of aromatic nitrogens is 3. The lowest BCUT2D eigenvalue weighted by Gasteiger charge is -2.12. The van der Waals surface area contributed by atoms with Crippen molar-refractivity contribution in [3.63, 3.8) is 0 Å². The Labute approximate surface area is 152 Å². The first-order chi connectivity index (χ1) is 11.0. The molecule has 1 amide bonds. The number of aryl methyl sites for hydroxylation is 2. The monoisotopic (exact) mass is 369 g/mol. The van der Waals surface area contributed by atoms with Crippen LogP contribution in [0.15, 0.2) is 18.2 Å². The van der Waals surface area contributed by atoms with Crippen molar-refractivity contribution >= 4 is 29.9 Å². The predicted molar refractivity (Wildman–Crippen MR) is 96.1 cm³/mol. The van der Waals surface area contributed by atoms with Crippen molar-refractivity contribution in [1.29, 1.82) is 0 Å². The molecule has 0 bridgehead atoms. The smallest absolute Gasteiger partial charge is 0.271 e. The molecule has 6 nitrogen and oxygen atoms in total. The van der Waals surface area contributed by atoms with E-state index >= 15 is 0 Å². The van der Waals surface area contributed by atoms with Crippen LogP contribution < -0.4 is 11.1 Å². The fourth-order valence-electron chi connectivity index (χ4n) is 2.56. The molecular formula is C16H21Cl2N5O. The Morgan fingerprint density at radius 3 is 2.75 bits per heavy atom. The van der Waals surface area contributed by atoms with Crippen LogP contribution in [0, 0.1) is 19.8 Å². The average molecular weight is 370 g/mol. The predicted octanol–water partition coefficient (Wildman–Crippen LogP) is 2.43. The summed E-state index contributed by atoms with van der Waals surface area (Å²) in [4.78, 5) is 16.7. The molecule has 3 rings (SSSR count). The number of halogens is 2. The van der Waals surface area contributed by atoms with E-state index in [4.69, 9.17) is 17.3 Å². The molecule has 1 saturated carbocycles. The zero-order valence-electron chi connectivity index (χ0n) is 13.6. The zero-order valence-corrected chi connectivity index (χ0v) is 15.2. The lowest BCUT2D eigenvalue weighted by atomic mass is 10.2. The molecule has 1 fully saturated rings. The van der Waals surface area contributed by atoms with Gasteiger partial charge in [-0.3, -0.25) is 4.79 Å². The van der Waals surface area contributed by atoms with Crippen LogP contribution >= 0.6 is 24.0 Å². The second-order valence-electron chi connectivity index (χ2n) is 6.05. The van der Waals surface area contributed by atoms with Gasteiger partial charge in [-0.25, -0.2) is 9.67 Å². The van der Waals surface area contributed by atoms with Gasteiger partial charge in [-0.05, 0) is 50.8 Å². The molecule has 3 N–H and O–H groups in total. The summed E-state index contributed by atoms with van der Waals surface area (Å²) in [7, 11) is 0. The van der Waals surface area contributed by atoms with Gasteiger partial charge in [-0.15, -0.1) is 12.4 Å². The minimum atomic E-state index is -0.311. The Hall–Kier alpha value is -1.63. The Kier molecular flexibility index (Phi) is 5.85. The Balaban J connectivity index is 0.00000208. The largest absolute Gasteiger partial charge is 0.349 e. The number of carbonyl (C=O) groups excluding carboxylic acids is 1. The molecule has 24 heavy (non-hydrogen) atoms. The highest BCUT2D eigenvalue weighted by molar-refractivity contribution is 6.33. The highest BCUT2D eigenvalue weighted by atomic mass is 35.5. The van der Waals surface area contributed by atoms with Gasteiger partial charge in [0.1, 0.15) is 5.69 Å². The summed E-state index contributed by atoms with van der Waals surface area (Å²) in [6.45, 7) is 4.28. The van der Waals surface area contributed by atoms with E-state index in [2.05, 4.69) is 15.4 Å². The highest BCUT2D eigenvalue weighted by Crippen LogP contribution is 2.31. The summed E-state index contributed by atoms with van der Waals surface area (Å²) in [5.74, 6) is 0.783. The molecule has 1 atom stereocenters. The Bertz CT molecular complexity index is 742. The first kappa shape index (κ1) is 18.7. The second-order valence-corrected chi connectivity index (χ2v) is 6.46. The summed E-state index contributed by atoms with van der Waals surface area (Å²) in [5.41, 5.74) is 8.03. The van der Waals surface area contributed by atoms with Gasteiger partial charge in [0.05, 0.1) is 10.7 Å². The first-order valence-electron chi connectivity index (χ1n) is 7.69. The number of carbonyl (C=O) groups is 1. The summed E-state index contributed by atoms with van der Waals surface area (Å²) < 4.78 is 1.69. The van der Waals surface area contributed by atoms with Crippen molar-refractivity contribution in [2.45, 2.75) is 32.7 Å². The molecule has 0 radical (unpaired) electrons. The minimum absolute atomic E-state index is 0. The lowest BCUT2D eigenvalue weighted by Crippen LogP contribution is -2.39. The maximum absolute atomic E-state index is 12.3. The highest BCUT2D eigenvalue weighted by Gasteiger charge is 2.28. The van der Waals surface area contributed by atoms with E-state index in [0.717, 1.165) is 24.2 Å². The van der Waals surface area contributed by atoms with E-state index in [1.807, 2.05) is 19.9 Å². The van der Waals surface area contributed by atoms with Gasteiger partial charge in [0.25, 0.3) is 5.91 Å². The van der Waals surface area contributed by atoms with Gasteiger partial charge in [-0.2, -0.15) is 5.10 Å². The van der Waals surface area contributed by atoms with Gasteiger partial charge in [0.15, 0.2) is 5.82 Å². The van der Waals surface area contributed by atoms with Crippen LogP contribution in [0.4, 0.5) is 0 Å². The number of pyridine rings is 1. The molecular weight excluding hydrogens is 349 g/mol. The molecule has 0 aromatic carbocycles. The third-order valence-corrected chi connectivity index (χ3v) is 4.30. The maximum Gasteiger partial charge on any atom is 0.271 e. The summed E-state index contributed by atoms with van der Waals surface area (Å²) >= 11 is 6.13. The molecule has 2 aromatic rings. The first-order valence-corrected chi connectivity index (χ1v) is 8.07. The second kappa shape index (κ2) is 7.51. The molecule has 2 aromatic heterocycles. The summed E-state index contributed by atoms with van der Waals surface area (Å²) in [5, 5.41) is 7.51.